The molecule has 2 N–H and O–H groups in total. The molecule has 5 heteroatoms. The normalized spacial score (nSPS) is 18.6. The molecule has 1 aliphatic rings. The van der Waals surface area contributed by atoms with E-state index in [1.54, 1.807) is 6.07 Å². The lowest BCUT2D eigenvalue weighted by Gasteiger charge is -2.28. The first-order valence-corrected chi connectivity index (χ1v) is 6.96. The number of carboxylic acids is 1. The van der Waals surface area contributed by atoms with Crippen LogP contribution < -0.4 is 10.1 Å². The van der Waals surface area contributed by atoms with Crippen molar-refractivity contribution in [2.45, 2.75) is 25.4 Å². The summed E-state index contributed by atoms with van der Waals surface area (Å²) >= 11 is 0. The molecule has 2 heterocycles. The van der Waals surface area contributed by atoms with Crippen LogP contribution in [0.3, 0.4) is 0 Å². The van der Waals surface area contributed by atoms with Crippen LogP contribution in [0.15, 0.2) is 40.8 Å². The fraction of sp³-hybridized carbons (Fsp3) is 0.312. The molecule has 0 saturated carbocycles. The first-order chi connectivity index (χ1) is 10.1. The summed E-state index contributed by atoms with van der Waals surface area (Å²) in [6.45, 7) is 2.63. The third kappa shape index (κ3) is 2.78. The van der Waals surface area contributed by atoms with Gasteiger partial charge in [0.1, 0.15) is 11.5 Å². The zero-order chi connectivity index (χ0) is 14.8. The van der Waals surface area contributed by atoms with Gasteiger partial charge in [0.05, 0.1) is 12.6 Å². The van der Waals surface area contributed by atoms with Crippen LogP contribution in [0.4, 0.5) is 0 Å². The quantitative estimate of drug-likeness (QED) is 0.903. The van der Waals surface area contributed by atoms with Crippen molar-refractivity contribution in [3.63, 3.8) is 0 Å². The van der Waals surface area contributed by atoms with Gasteiger partial charge in [-0.15, -0.1) is 0 Å². The van der Waals surface area contributed by atoms with Crippen LogP contribution in [0.2, 0.25) is 0 Å². The van der Waals surface area contributed by atoms with E-state index in [0.717, 1.165) is 17.7 Å². The number of rotatable bonds is 4. The van der Waals surface area contributed by atoms with Crippen molar-refractivity contribution >= 4 is 5.97 Å². The molecule has 1 aromatic carbocycles. The Hall–Kier alpha value is -2.27. The Labute approximate surface area is 122 Å². The van der Waals surface area contributed by atoms with E-state index in [0.29, 0.717) is 12.4 Å². The first kappa shape index (κ1) is 13.7. The number of nitrogens with one attached hydrogen (secondary N) is 1. The van der Waals surface area contributed by atoms with E-state index in [-0.39, 0.29) is 17.8 Å². The Morgan fingerprint density at radius 1 is 1.33 bits per heavy atom. The molecule has 110 valence electrons. The average molecular weight is 287 g/mol. The van der Waals surface area contributed by atoms with Gasteiger partial charge in [-0.2, -0.15) is 0 Å². The van der Waals surface area contributed by atoms with Gasteiger partial charge in [-0.25, -0.2) is 4.79 Å². The highest BCUT2D eigenvalue weighted by Gasteiger charge is 2.24. The number of para-hydroxylation sites is 1. The summed E-state index contributed by atoms with van der Waals surface area (Å²) in [6, 6.07) is 11.2. The van der Waals surface area contributed by atoms with Crippen LogP contribution in [-0.4, -0.2) is 17.7 Å². The van der Waals surface area contributed by atoms with E-state index in [1.165, 1.54) is 6.07 Å². The van der Waals surface area contributed by atoms with Crippen molar-refractivity contribution in [1.29, 1.82) is 0 Å². The van der Waals surface area contributed by atoms with E-state index in [4.69, 9.17) is 14.3 Å². The molecule has 2 atom stereocenters. The molecule has 0 spiro atoms. The number of furan rings is 1. The Balaban J connectivity index is 1.76. The summed E-state index contributed by atoms with van der Waals surface area (Å²) in [5.74, 6) is 0.436. The van der Waals surface area contributed by atoms with Gasteiger partial charge in [0.2, 0.25) is 5.76 Å². The maximum Gasteiger partial charge on any atom is 0.371 e. The van der Waals surface area contributed by atoms with Crippen LogP contribution in [0.25, 0.3) is 0 Å². The van der Waals surface area contributed by atoms with Gasteiger partial charge < -0.3 is 19.6 Å². The highest BCUT2D eigenvalue weighted by Crippen LogP contribution is 2.33. The molecule has 2 unspecified atom stereocenters. The largest absolute Gasteiger partial charge is 0.493 e. The molecule has 0 bridgehead atoms. The molecule has 5 nitrogen and oxygen atoms in total. The molecule has 1 aromatic heterocycles. The number of ether oxygens (including phenoxy) is 1. The molecule has 21 heavy (non-hydrogen) atoms. The lowest BCUT2D eigenvalue weighted by Crippen LogP contribution is -2.29. The Morgan fingerprint density at radius 3 is 2.90 bits per heavy atom. The molecule has 2 aromatic rings. The molecular weight excluding hydrogens is 270 g/mol. The number of benzene rings is 1. The third-order valence-electron chi connectivity index (χ3n) is 3.67. The number of aromatic carboxylic acids is 1. The summed E-state index contributed by atoms with van der Waals surface area (Å²) in [7, 11) is 0. The monoisotopic (exact) mass is 287 g/mol. The molecule has 3 rings (SSSR count). The van der Waals surface area contributed by atoms with Gasteiger partial charge in [-0.1, -0.05) is 18.2 Å². The Kier molecular flexibility index (Phi) is 3.66. The predicted molar refractivity (Wildman–Crippen MR) is 76.5 cm³/mol. The minimum atomic E-state index is -1.05. The zero-order valence-electron chi connectivity index (χ0n) is 11.7. The summed E-state index contributed by atoms with van der Waals surface area (Å²) in [5.41, 5.74) is 1.13. The summed E-state index contributed by atoms with van der Waals surface area (Å²) in [5, 5.41) is 12.4. The van der Waals surface area contributed by atoms with Crippen LogP contribution in [-0.2, 0) is 0 Å². The van der Waals surface area contributed by atoms with Gasteiger partial charge in [0.25, 0.3) is 0 Å². The summed E-state index contributed by atoms with van der Waals surface area (Å²) in [4.78, 5) is 10.9. The van der Waals surface area contributed by atoms with Crippen molar-refractivity contribution in [3.05, 3.63) is 53.5 Å². The second-order valence-electron chi connectivity index (χ2n) is 5.12. The highest BCUT2D eigenvalue weighted by molar-refractivity contribution is 5.84. The van der Waals surface area contributed by atoms with E-state index < -0.39 is 5.97 Å². The molecule has 0 radical (unpaired) electrons. The zero-order valence-corrected chi connectivity index (χ0v) is 11.7. The van der Waals surface area contributed by atoms with Gasteiger partial charge in [-0.3, -0.25) is 0 Å². The number of fused-ring (bicyclic) bond motifs is 1. The minimum absolute atomic E-state index is 0.0361. The number of hydrogen-bond donors (Lipinski definition) is 2. The van der Waals surface area contributed by atoms with Crippen LogP contribution in [0, 0.1) is 0 Å². The SMILES string of the molecule is CC(NC1CCOc2ccccc21)c1ccc(C(=O)O)o1. The fourth-order valence-electron chi connectivity index (χ4n) is 2.60. The van der Waals surface area contributed by atoms with Gasteiger partial charge in [0.15, 0.2) is 0 Å². The second-order valence-corrected chi connectivity index (χ2v) is 5.12. The molecule has 0 saturated heterocycles. The average Bonchev–Trinajstić information content (AvgIpc) is 2.98. The van der Waals surface area contributed by atoms with Gasteiger partial charge in [-0.05, 0) is 25.1 Å². The number of hydrogen-bond acceptors (Lipinski definition) is 4. The molecule has 0 amide bonds. The van der Waals surface area contributed by atoms with E-state index in [9.17, 15) is 4.79 Å². The lowest BCUT2D eigenvalue weighted by molar-refractivity contribution is 0.0659. The van der Waals surface area contributed by atoms with Crippen molar-refractivity contribution in [2.24, 2.45) is 0 Å². The molecule has 0 aliphatic carbocycles. The smallest absolute Gasteiger partial charge is 0.371 e. The third-order valence-corrected chi connectivity index (χ3v) is 3.67. The number of carboxylic acid groups (broad SMARTS) is 1. The highest BCUT2D eigenvalue weighted by atomic mass is 16.5. The second kappa shape index (κ2) is 5.61. The molecular formula is C16H17NO4. The fourth-order valence-corrected chi connectivity index (χ4v) is 2.60. The van der Waals surface area contributed by atoms with Crippen LogP contribution in [0.5, 0.6) is 5.75 Å². The first-order valence-electron chi connectivity index (χ1n) is 6.96. The van der Waals surface area contributed by atoms with Crippen molar-refractivity contribution < 1.29 is 19.1 Å². The van der Waals surface area contributed by atoms with Crippen LogP contribution >= 0.6 is 0 Å². The van der Waals surface area contributed by atoms with Crippen molar-refractivity contribution in [3.8, 4) is 5.75 Å². The predicted octanol–water partition coefficient (Wildman–Crippen LogP) is 3.15. The van der Waals surface area contributed by atoms with Crippen molar-refractivity contribution in [1.82, 2.24) is 5.32 Å². The molecule has 1 aliphatic heterocycles. The number of carbonyl (C=O) groups is 1. The van der Waals surface area contributed by atoms with Gasteiger partial charge >= 0.3 is 5.97 Å². The van der Waals surface area contributed by atoms with E-state index >= 15 is 0 Å². The Bertz CT molecular complexity index is 649. The topological polar surface area (TPSA) is 71.7 Å². The molecule has 0 fully saturated rings. The van der Waals surface area contributed by atoms with Gasteiger partial charge in [0, 0.05) is 18.0 Å². The standard InChI is InChI=1S/C16H17NO4/c1-10(13-6-7-15(21-13)16(18)19)17-12-8-9-20-14-5-3-2-4-11(12)14/h2-7,10,12,17H,8-9H2,1H3,(H,18,19). The maximum absolute atomic E-state index is 10.9. The van der Waals surface area contributed by atoms with Crippen molar-refractivity contribution in [2.75, 3.05) is 6.61 Å². The van der Waals surface area contributed by atoms with E-state index in [1.807, 2.05) is 31.2 Å². The minimum Gasteiger partial charge on any atom is -0.493 e. The van der Waals surface area contributed by atoms with Crippen LogP contribution in [0.1, 0.15) is 47.3 Å². The summed E-state index contributed by atoms with van der Waals surface area (Å²) in [6.07, 6.45) is 0.869. The maximum atomic E-state index is 10.9. The Morgan fingerprint density at radius 2 is 2.14 bits per heavy atom. The van der Waals surface area contributed by atoms with E-state index in [2.05, 4.69) is 5.32 Å². The lowest BCUT2D eigenvalue weighted by atomic mass is 9.99. The summed E-state index contributed by atoms with van der Waals surface area (Å²) < 4.78 is 11.0.